The Morgan fingerprint density at radius 2 is 2.07 bits per heavy atom. The molecule has 1 aromatic heterocycles. The molecule has 0 unspecified atom stereocenters. The van der Waals surface area contributed by atoms with Gasteiger partial charge in [0.2, 0.25) is 23.0 Å². The molecule has 2 aliphatic rings. The van der Waals surface area contributed by atoms with Crippen molar-refractivity contribution in [3.8, 4) is 5.75 Å². The predicted octanol–water partition coefficient (Wildman–Crippen LogP) is 0.831. The van der Waals surface area contributed by atoms with E-state index in [-0.39, 0.29) is 24.0 Å². The minimum atomic E-state index is -0.777. The van der Waals surface area contributed by atoms with Crippen LogP contribution in [0.4, 0.5) is 0 Å². The number of carbonyl (C=O) groups excluding carboxylic acids is 2. The number of ether oxygens (including phenoxy) is 1. The average molecular weight is 378 g/mol. The van der Waals surface area contributed by atoms with Gasteiger partial charge in [0, 0.05) is 57.2 Å². The fourth-order valence-corrected chi connectivity index (χ4v) is 3.85. The van der Waals surface area contributed by atoms with Crippen molar-refractivity contribution >= 4 is 11.8 Å². The van der Waals surface area contributed by atoms with Crippen LogP contribution in [0, 0.1) is 6.92 Å². The van der Waals surface area contributed by atoms with E-state index in [0.717, 1.165) is 13.0 Å². The number of aryl methyl sites for hydroxylation is 1. The lowest BCUT2D eigenvalue weighted by Gasteiger charge is -2.35. The van der Waals surface area contributed by atoms with E-state index < -0.39 is 16.6 Å². The molecule has 0 radical (unpaired) electrons. The van der Waals surface area contributed by atoms with Crippen LogP contribution in [-0.4, -0.2) is 54.7 Å². The second kappa shape index (κ2) is 8.12. The Labute approximate surface area is 157 Å². The van der Waals surface area contributed by atoms with Gasteiger partial charge in [-0.05, 0) is 26.2 Å². The number of nitrogens with one attached hydrogen (secondary N) is 1. The first-order chi connectivity index (χ1) is 12.9. The summed E-state index contributed by atoms with van der Waals surface area (Å²) in [5.41, 5.74) is -1.28. The molecule has 0 bridgehead atoms. The van der Waals surface area contributed by atoms with E-state index in [1.54, 1.807) is 11.8 Å². The quantitative estimate of drug-likeness (QED) is 0.759. The van der Waals surface area contributed by atoms with Crippen LogP contribution in [-0.2, 0) is 19.7 Å². The molecule has 0 aliphatic carbocycles. The number of nitrogens with zero attached hydrogens (tertiary/aromatic N) is 1. The highest BCUT2D eigenvalue weighted by molar-refractivity contribution is 5.79. The van der Waals surface area contributed by atoms with E-state index in [2.05, 4.69) is 5.32 Å². The van der Waals surface area contributed by atoms with Gasteiger partial charge in [-0.2, -0.15) is 0 Å². The summed E-state index contributed by atoms with van der Waals surface area (Å²) >= 11 is 0. The number of amides is 2. The van der Waals surface area contributed by atoms with Crippen LogP contribution in [0.25, 0.3) is 0 Å². The second-order valence-corrected chi connectivity index (χ2v) is 7.30. The van der Waals surface area contributed by atoms with Crippen LogP contribution in [0.15, 0.2) is 15.3 Å². The first-order valence-electron chi connectivity index (χ1n) is 9.38. The third-order valence-electron chi connectivity index (χ3n) is 5.35. The summed E-state index contributed by atoms with van der Waals surface area (Å²) in [7, 11) is 0. The number of aromatic hydroxyl groups is 1. The van der Waals surface area contributed by atoms with E-state index >= 15 is 0 Å². The van der Waals surface area contributed by atoms with Crippen LogP contribution in [0.2, 0.25) is 0 Å². The summed E-state index contributed by atoms with van der Waals surface area (Å²) in [5.74, 6) is 0.0500. The Morgan fingerprint density at radius 3 is 2.74 bits per heavy atom. The Hall–Kier alpha value is -2.35. The van der Waals surface area contributed by atoms with E-state index in [0.29, 0.717) is 51.3 Å². The maximum Gasteiger partial charge on any atom is 0.227 e. The first-order valence-corrected chi connectivity index (χ1v) is 9.38. The average Bonchev–Trinajstić information content (AvgIpc) is 3.04. The molecule has 1 aromatic rings. The molecule has 2 N–H and O–H groups in total. The van der Waals surface area contributed by atoms with Gasteiger partial charge < -0.3 is 24.5 Å². The third kappa shape index (κ3) is 4.32. The zero-order valence-corrected chi connectivity index (χ0v) is 15.6. The SMILES string of the molecule is Cc1cc(=O)c(O)c(C2(CC(=O)NCCN3CCCC3=O)CCOCC2)o1. The summed E-state index contributed by atoms with van der Waals surface area (Å²) in [6, 6.07) is 1.24. The van der Waals surface area contributed by atoms with Crippen LogP contribution in [0.5, 0.6) is 5.75 Å². The topological polar surface area (TPSA) is 109 Å². The van der Waals surface area contributed by atoms with Gasteiger partial charge in [0.05, 0.1) is 0 Å². The van der Waals surface area contributed by atoms with Gasteiger partial charge in [-0.15, -0.1) is 0 Å². The van der Waals surface area contributed by atoms with Crippen LogP contribution in [0.1, 0.15) is 43.6 Å². The Kier molecular flexibility index (Phi) is 5.84. The van der Waals surface area contributed by atoms with Crippen LogP contribution in [0.3, 0.4) is 0 Å². The molecule has 2 fully saturated rings. The highest BCUT2D eigenvalue weighted by Crippen LogP contribution is 2.41. The molecule has 0 aromatic carbocycles. The van der Waals surface area contributed by atoms with Crippen molar-refractivity contribution in [1.82, 2.24) is 10.2 Å². The molecule has 3 heterocycles. The minimum absolute atomic E-state index is 0.0876. The molecule has 2 saturated heterocycles. The molecule has 148 valence electrons. The zero-order chi connectivity index (χ0) is 19.4. The normalized spacial score (nSPS) is 19.3. The van der Waals surface area contributed by atoms with Gasteiger partial charge in [0.25, 0.3) is 0 Å². The van der Waals surface area contributed by atoms with Crippen LogP contribution < -0.4 is 10.7 Å². The van der Waals surface area contributed by atoms with Gasteiger partial charge in [-0.1, -0.05) is 0 Å². The molecule has 0 saturated carbocycles. The lowest BCUT2D eigenvalue weighted by atomic mass is 9.74. The molecule has 27 heavy (non-hydrogen) atoms. The predicted molar refractivity (Wildman–Crippen MR) is 96.6 cm³/mol. The van der Waals surface area contributed by atoms with Crippen molar-refractivity contribution in [3.05, 3.63) is 27.8 Å². The Bertz CT molecular complexity index is 766. The van der Waals surface area contributed by atoms with Gasteiger partial charge >= 0.3 is 0 Å². The number of carbonyl (C=O) groups is 2. The van der Waals surface area contributed by atoms with E-state index in [4.69, 9.17) is 9.15 Å². The van der Waals surface area contributed by atoms with Gasteiger partial charge in [0.15, 0.2) is 5.76 Å². The summed E-state index contributed by atoms with van der Waals surface area (Å²) in [5, 5.41) is 13.1. The molecule has 2 aliphatic heterocycles. The monoisotopic (exact) mass is 378 g/mol. The van der Waals surface area contributed by atoms with Crippen molar-refractivity contribution in [2.24, 2.45) is 0 Å². The van der Waals surface area contributed by atoms with Gasteiger partial charge in [0.1, 0.15) is 5.76 Å². The Morgan fingerprint density at radius 1 is 1.33 bits per heavy atom. The minimum Gasteiger partial charge on any atom is -0.502 e. The van der Waals surface area contributed by atoms with Gasteiger partial charge in [-0.3, -0.25) is 14.4 Å². The fraction of sp³-hybridized carbons (Fsp3) is 0.632. The molecule has 0 spiro atoms. The van der Waals surface area contributed by atoms with Crippen LogP contribution >= 0.6 is 0 Å². The van der Waals surface area contributed by atoms with E-state index in [9.17, 15) is 19.5 Å². The highest BCUT2D eigenvalue weighted by atomic mass is 16.5. The molecular formula is C19H26N2O6. The number of rotatable bonds is 6. The summed E-state index contributed by atoms with van der Waals surface area (Å²) in [6.45, 7) is 4.09. The van der Waals surface area contributed by atoms with Crippen molar-refractivity contribution in [3.63, 3.8) is 0 Å². The first kappa shape index (κ1) is 19.4. The number of hydrogen-bond donors (Lipinski definition) is 2. The summed E-state index contributed by atoms with van der Waals surface area (Å²) in [4.78, 5) is 38.0. The Balaban J connectivity index is 1.70. The molecule has 8 heteroatoms. The van der Waals surface area contributed by atoms with E-state index in [1.807, 2.05) is 0 Å². The van der Waals surface area contributed by atoms with E-state index in [1.165, 1.54) is 6.07 Å². The summed E-state index contributed by atoms with van der Waals surface area (Å²) in [6.07, 6.45) is 2.48. The molecule has 0 atom stereocenters. The number of likely N-dealkylation sites (tertiary alicyclic amines) is 1. The number of hydrogen-bond acceptors (Lipinski definition) is 6. The van der Waals surface area contributed by atoms with Crippen molar-refractivity contribution in [2.45, 2.75) is 44.4 Å². The molecule has 8 nitrogen and oxygen atoms in total. The fourth-order valence-electron chi connectivity index (χ4n) is 3.85. The molecular weight excluding hydrogens is 352 g/mol. The lowest BCUT2D eigenvalue weighted by molar-refractivity contribution is -0.128. The largest absolute Gasteiger partial charge is 0.502 e. The summed E-state index contributed by atoms with van der Waals surface area (Å²) < 4.78 is 11.1. The zero-order valence-electron chi connectivity index (χ0n) is 15.6. The highest BCUT2D eigenvalue weighted by Gasteiger charge is 2.42. The van der Waals surface area contributed by atoms with Gasteiger partial charge in [-0.25, -0.2) is 0 Å². The standard InChI is InChI=1S/C19H26N2O6/c1-13-11-14(22)17(25)18(27-13)19(4-9-26-10-5-19)12-15(23)20-6-8-21-7-2-3-16(21)24/h11,25H,2-10,12H2,1H3,(H,20,23). The van der Waals surface area contributed by atoms with Crippen molar-refractivity contribution in [2.75, 3.05) is 32.8 Å². The van der Waals surface area contributed by atoms with Crippen molar-refractivity contribution < 1.29 is 23.8 Å². The molecule has 2 amide bonds. The maximum absolute atomic E-state index is 12.6. The third-order valence-corrected chi connectivity index (χ3v) is 5.35. The molecule has 3 rings (SSSR count). The van der Waals surface area contributed by atoms with Crippen molar-refractivity contribution in [1.29, 1.82) is 0 Å². The lowest BCUT2D eigenvalue weighted by Crippen LogP contribution is -2.42. The second-order valence-electron chi connectivity index (χ2n) is 7.30. The maximum atomic E-state index is 12.6. The smallest absolute Gasteiger partial charge is 0.227 e.